The lowest BCUT2D eigenvalue weighted by molar-refractivity contribution is 0.544. The van der Waals surface area contributed by atoms with Crippen molar-refractivity contribution in [1.29, 1.82) is 0 Å². The molecule has 0 aliphatic heterocycles. The highest BCUT2D eigenvalue weighted by Gasteiger charge is 2.15. The second-order valence-corrected chi connectivity index (χ2v) is 4.71. The Balaban J connectivity index is 2.50. The van der Waals surface area contributed by atoms with E-state index in [1.165, 1.54) is 0 Å². The van der Waals surface area contributed by atoms with Crippen molar-refractivity contribution in [2.45, 2.75) is 45.7 Å². The zero-order valence-electron chi connectivity index (χ0n) is 10.7. The fraction of sp³-hybridized carbons (Fsp3) is 0.538. The second-order valence-electron chi connectivity index (χ2n) is 4.71. The maximum atomic E-state index is 6.02. The number of fused-ring (bicyclic) bond motifs is 1. The van der Waals surface area contributed by atoms with Gasteiger partial charge in [-0.2, -0.15) is 0 Å². The number of aromatic nitrogens is 3. The van der Waals surface area contributed by atoms with E-state index in [1.807, 2.05) is 18.3 Å². The van der Waals surface area contributed by atoms with E-state index in [1.54, 1.807) is 0 Å². The number of pyridine rings is 1. The molecule has 2 aromatic rings. The van der Waals surface area contributed by atoms with Crippen molar-refractivity contribution in [3.8, 4) is 0 Å². The topological polar surface area (TPSA) is 56.7 Å². The molecule has 0 saturated heterocycles. The van der Waals surface area contributed by atoms with E-state index >= 15 is 0 Å². The summed E-state index contributed by atoms with van der Waals surface area (Å²) in [6.07, 6.45) is 3.59. The van der Waals surface area contributed by atoms with E-state index in [9.17, 15) is 0 Å². The molecule has 0 radical (unpaired) electrons. The predicted molar refractivity (Wildman–Crippen MR) is 69.9 cm³/mol. The predicted octanol–water partition coefficient (Wildman–Crippen LogP) is 2.29. The minimum absolute atomic E-state index is 0.171. The van der Waals surface area contributed by atoms with Crippen molar-refractivity contribution in [3.63, 3.8) is 0 Å². The van der Waals surface area contributed by atoms with Crippen molar-refractivity contribution in [2.24, 2.45) is 5.73 Å². The van der Waals surface area contributed by atoms with Crippen molar-refractivity contribution in [2.75, 3.05) is 0 Å². The number of hydrogen-bond acceptors (Lipinski definition) is 3. The second kappa shape index (κ2) is 4.84. The third kappa shape index (κ3) is 2.31. The Kier molecular flexibility index (Phi) is 3.43. The van der Waals surface area contributed by atoms with Gasteiger partial charge in [0.1, 0.15) is 11.3 Å². The van der Waals surface area contributed by atoms with Crippen molar-refractivity contribution in [3.05, 3.63) is 24.2 Å². The van der Waals surface area contributed by atoms with E-state index in [4.69, 9.17) is 5.73 Å². The fourth-order valence-electron chi connectivity index (χ4n) is 2.04. The lowest BCUT2D eigenvalue weighted by Crippen LogP contribution is -2.24. The van der Waals surface area contributed by atoms with Crippen LogP contribution in [0, 0.1) is 0 Å². The summed E-state index contributed by atoms with van der Waals surface area (Å²) in [5.41, 5.74) is 7.94. The summed E-state index contributed by atoms with van der Waals surface area (Å²) in [5.74, 6) is 1.04. The Labute approximate surface area is 102 Å². The van der Waals surface area contributed by atoms with Gasteiger partial charge >= 0.3 is 0 Å². The van der Waals surface area contributed by atoms with Crippen LogP contribution in [0.2, 0.25) is 0 Å². The zero-order chi connectivity index (χ0) is 12.4. The van der Waals surface area contributed by atoms with Crippen molar-refractivity contribution >= 4 is 11.2 Å². The maximum Gasteiger partial charge on any atom is 0.160 e. The standard InChI is InChI=1S/C13H20N4/c1-4-10(14)8-12-16-11-6-5-7-15-13(11)17(12)9(2)3/h5-7,9-10H,4,8,14H2,1-3H3. The molecule has 2 rings (SSSR count). The van der Waals surface area contributed by atoms with Gasteiger partial charge in [-0.15, -0.1) is 0 Å². The molecule has 0 aliphatic rings. The fourth-order valence-corrected chi connectivity index (χ4v) is 2.04. The Morgan fingerprint density at radius 1 is 1.41 bits per heavy atom. The molecule has 0 saturated carbocycles. The van der Waals surface area contributed by atoms with Gasteiger partial charge in [-0.1, -0.05) is 6.92 Å². The van der Waals surface area contributed by atoms with Gasteiger partial charge in [-0.05, 0) is 32.4 Å². The monoisotopic (exact) mass is 232 g/mol. The molecule has 0 aromatic carbocycles. The first-order valence-corrected chi connectivity index (χ1v) is 6.20. The molecular formula is C13H20N4. The van der Waals surface area contributed by atoms with Crippen LogP contribution < -0.4 is 5.73 Å². The van der Waals surface area contributed by atoms with Gasteiger partial charge < -0.3 is 10.3 Å². The normalized spacial score (nSPS) is 13.5. The number of nitrogens with two attached hydrogens (primary N) is 1. The van der Waals surface area contributed by atoms with Crippen molar-refractivity contribution in [1.82, 2.24) is 14.5 Å². The first-order chi connectivity index (χ1) is 8.13. The molecule has 92 valence electrons. The summed E-state index contributed by atoms with van der Waals surface area (Å²) in [7, 11) is 0. The average Bonchev–Trinajstić information content (AvgIpc) is 2.66. The molecule has 0 bridgehead atoms. The van der Waals surface area contributed by atoms with Crippen LogP contribution in [0.1, 0.15) is 39.1 Å². The SMILES string of the molecule is CCC(N)Cc1nc2cccnc2n1C(C)C. The molecule has 0 amide bonds. The molecule has 0 spiro atoms. The van der Waals surface area contributed by atoms with E-state index in [0.717, 1.165) is 29.8 Å². The third-order valence-corrected chi connectivity index (χ3v) is 3.01. The van der Waals surface area contributed by atoms with Gasteiger partial charge in [0, 0.05) is 24.7 Å². The average molecular weight is 232 g/mol. The molecule has 2 aromatic heterocycles. The van der Waals surface area contributed by atoms with Crippen LogP contribution in [0.25, 0.3) is 11.2 Å². The van der Waals surface area contributed by atoms with E-state index in [0.29, 0.717) is 6.04 Å². The van der Waals surface area contributed by atoms with Crippen LogP contribution in [0.4, 0.5) is 0 Å². The number of rotatable bonds is 4. The Hall–Kier alpha value is -1.42. The Morgan fingerprint density at radius 3 is 2.82 bits per heavy atom. The highest BCUT2D eigenvalue weighted by Crippen LogP contribution is 2.19. The third-order valence-electron chi connectivity index (χ3n) is 3.01. The van der Waals surface area contributed by atoms with Crippen LogP contribution in [0.5, 0.6) is 0 Å². The minimum Gasteiger partial charge on any atom is -0.327 e. The van der Waals surface area contributed by atoms with E-state index in [2.05, 4.69) is 35.3 Å². The van der Waals surface area contributed by atoms with Gasteiger partial charge in [-0.25, -0.2) is 9.97 Å². The first-order valence-electron chi connectivity index (χ1n) is 6.20. The lowest BCUT2D eigenvalue weighted by Gasteiger charge is -2.14. The minimum atomic E-state index is 0.171. The molecule has 4 heteroatoms. The molecule has 1 atom stereocenters. The highest BCUT2D eigenvalue weighted by molar-refractivity contribution is 5.71. The Bertz CT molecular complexity index is 501. The molecule has 2 N–H and O–H groups in total. The molecular weight excluding hydrogens is 212 g/mol. The van der Waals surface area contributed by atoms with Gasteiger partial charge in [-0.3, -0.25) is 0 Å². The van der Waals surface area contributed by atoms with Crippen LogP contribution in [-0.4, -0.2) is 20.6 Å². The molecule has 2 heterocycles. The van der Waals surface area contributed by atoms with Gasteiger partial charge in [0.25, 0.3) is 0 Å². The number of nitrogens with zero attached hydrogens (tertiary/aromatic N) is 3. The van der Waals surface area contributed by atoms with E-state index < -0.39 is 0 Å². The van der Waals surface area contributed by atoms with Crippen LogP contribution >= 0.6 is 0 Å². The Morgan fingerprint density at radius 2 is 2.18 bits per heavy atom. The quantitative estimate of drug-likeness (QED) is 0.880. The summed E-state index contributed by atoms with van der Waals surface area (Å²) in [6.45, 7) is 6.40. The molecule has 4 nitrogen and oxygen atoms in total. The van der Waals surface area contributed by atoms with Crippen LogP contribution in [-0.2, 0) is 6.42 Å². The maximum absolute atomic E-state index is 6.02. The largest absolute Gasteiger partial charge is 0.327 e. The molecule has 0 aliphatic carbocycles. The smallest absolute Gasteiger partial charge is 0.160 e. The molecule has 17 heavy (non-hydrogen) atoms. The molecule has 0 fully saturated rings. The summed E-state index contributed by atoms with van der Waals surface area (Å²) in [4.78, 5) is 9.06. The summed E-state index contributed by atoms with van der Waals surface area (Å²) >= 11 is 0. The van der Waals surface area contributed by atoms with Crippen LogP contribution in [0.3, 0.4) is 0 Å². The number of hydrogen-bond donors (Lipinski definition) is 1. The molecule has 1 unspecified atom stereocenters. The van der Waals surface area contributed by atoms with Gasteiger partial charge in [0.05, 0.1) is 0 Å². The summed E-state index contributed by atoms with van der Waals surface area (Å²) < 4.78 is 2.19. The highest BCUT2D eigenvalue weighted by atomic mass is 15.1. The van der Waals surface area contributed by atoms with E-state index in [-0.39, 0.29) is 6.04 Å². The van der Waals surface area contributed by atoms with Crippen molar-refractivity contribution < 1.29 is 0 Å². The van der Waals surface area contributed by atoms with Gasteiger partial charge in [0.2, 0.25) is 0 Å². The first kappa shape index (κ1) is 12.0. The summed E-state index contributed by atoms with van der Waals surface area (Å²) in [6, 6.07) is 4.45. The zero-order valence-corrected chi connectivity index (χ0v) is 10.7. The van der Waals surface area contributed by atoms with Gasteiger partial charge in [0.15, 0.2) is 5.65 Å². The van der Waals surface area contributed by atoms with Crippen LogP contribution in [0.15, 0.2) is 18.3 Å². The number of imidazole rings is 1. The summed E-state index contributed by atoms with van der Waals surface area (Å²) in [5, 5.41) is 0. The lowest BCUT2D eigenvalue weighted by atomic mass is 10.1.